The van der Waals surface area contributed by atoms with E-state index in [0.29, 0.717) is 11.4 Å². The van der Waals surface area contributed by atoms with Crippen LogP contribution in [0.3, 0.4) is 0 Å². The summed E-state index contributed by atoms with van der Waals surface area (Å²) in [4.78, 5) is 16.7. The van der Waals surface area contributed by atoms with E-state index in [1.165, 1.54) is 0 Å². The molecule has 2 aromatic heterocycles. The summed E-state index contributed by atoms with van der Waals surface area (Å²) < 4.78 is 1.81. The Labute approximate surface area is 118 Å². The smallest absolute Gasteiger partial charge is 0.290 e. The Morgan fingerprint density at radius 2 is 2.00 bits per heavy atom. The molecule has 0 aliphatic rings. The van der Waals surface area contributed by atoms with Crippen molar-refractivity contribution in [3.05, 3.63) is 35.3 Å². The predicted molar refractivity (Wildman–Crippen MR) is 80.1 cm³/mol. The van der Waals surface area contributed by atoms with E-state index < -0.39 is 0 Å². The van der Waals surface area contributed by atoms with Crippen molar-refractivity contribution in [2.75, 3.05) is 0 Å². The van der Waals surface area contributed by atoms with Gasteiger partial charge >= 0.3 is 0 Å². The van der Waals surface area contributed by atoms with Crippen molar-refractivity contribution in [3.63, 3.8) is 0 Å². The molecule has 0 bridgehead atoms. The number of amides is 1. The van der Waals surface area contributed by atoms with Gasteiger partial charge in [-0.1, -0.05) is 19.9 Å². The molecule has 5 nitrogen and oxygen atoms in total. The number of nitrogens with one attached hydrogen (secondary N) is 1. The zero-order valence-corrected chi connectivity index (χ0v) is 12.4. The third-order valence-electron chi connectivity index (χ3n) is 3.29. The molecule has 0 aliphatic carbocycles. The Balaban J connectivity index is 2.37. The molecular weight excluding hydrogens is 252 g/mol. The Morgan fingerprint density at radius 1 is 1.30 bits per heavy atom. The molecule has 20 heavy (non-hydrogen) atoms. The van der Waals surface area contributed by atoms with E-state index in [9.17, 15) is 4.79 Å². The fourth-order valence-electron chi connectivity index (χ4n) is 2.13. The molecule has 2 rings (SSSR count). The number of carbonyl (C=O) groups is 1. The summed E-state index contributed by atoms with van der Waals surface area (Å²) >= 11 is 0. The van der Waals surface area contributed by atoms with E-state index in [4.69, 9.17) is 0 Å². The Morgan fingerprint density at radius 3 is 2.65 bits per heavy atom. The number of imidazole rings is 1. The van der Waals surface area contributed by atoms with Crippen molar-refractivity contribution >= 4 is 17.3 Å². The molecule has 0 saturated heterocycles. The van der Waals surface area contributed by atoms with E-state index in [1.807, 2.05) is 50.4 Å². The van der Waals surface area contributed by atoms with E-state index in [2.05, 4.69) is 15.5 Å². The number of fused-ring (bicyclic) bond motifs is 1. The first kappa shape index (κ1) is 14.2. The van der Waals surface area contributed by atoms with Gasteiger partial charge in [-0.2, -0.15) is 5.10 Å². The third kappa shape index (κ3) is 2.71. The van der Waals surface area contributed by atoms with Crippen LogP contribution >= 0.6 is 0 Å². The zero-order chi connectivity index (χ0) is 14.7. The number of aromatic nitrogens is 2. The van der Waals surface area contributed by atoms with Gasteiger partial charge in [0.2, 0.25) is 0 Å². The summed E-state index contributed by atoms with van der Waals surface area (Å²) in [5.41, 5.74) is 6.70. The van der Waals surface area contributed by atoms with Crippen molar-refractivity contribution < 1.29 is 4.79 Å². The van der Waals surface area contributed by atoms with Crippen molar-refractivity contribution in [1.29, 1.82) is 0 Å². The molecule has 1 N–H and O–H groups in total. The van der Waals surface area contributed by atoms with Crippen LogP contribution in [-0.4, -0.2) is 21.0 Å². The second-order valence-electron chi connectivity index (χ2n) is 4.81. The van der Waals surface area contributed by atoms with Gasteiger partial charge in [-0.3, -0.25) is 9.20 Å². The van der Waals surface area contributed by atoms with Crippen LogP contribution in [0.25, 0.3) is 5.65 Å². The maximum atomic E-state index is 12.3. The minimum absolute atomic E-state index is 0.222. The monoisotopic (exact) mass is 272 g/mol. The topological polar surface area (TPSA) is 58.8 Å². The molecule has 0 radical (unpaired) electrons. The molecule has 5 heteroatoms. The normalized spacial score (nSPS) is 10.6. The lowest BCUT2D eigenvalue weighted by atomic mass is 10.2. The molecule has 106 valence electrons. The molecule has 2 aromatic rings. The molecule has 0 spiro atoms. The minimum atomic E-state index is -0.222. The number of aryl methyl sites for hydroxylation is 2. The van der Waals surface area contributed by atoms with Crippen LogP contribution in [0.5, 0.6) is 0 Å². The van der Waals surface area contributed by atoms with Gasteiger partial charge < -0.3 is 0 Å². The number of carbonyl (C=O) groups excluding carboxylic acids is 1. The van der Waals surface area contributed by atoms with Crippen LogP contribution in [0.2, 0.25) is 0 Å². The van der Waals surface area contributed by atoms with Crippen molar-refractivity contribution in [2.24, 2.45) is 5.10 Å². The highest BCUT2D eigenvalue weighted by atomic mass is 16.2. The Hall–Kier alpha value is -2.17. The van der Waals surface area contributed by atoms with Gasteiger partial charge in [0.1, 0.15) is 11.3 Å². The SMILES string of the molecule is CCC(CC)=NNC(=O)c1c(C)nc2ccc(C)cn12. The maximum absolute atomic E-state index is 12.3. The second-order valence-corrected chi connectivity index (χ2v) is 4.81. The van der Waals surface area contributed by atoms with Gasteiger partial charge in [-0.05, 0) is 38.3 Å². The maximum Gasteiger partial charge on any atom is 0.290 e. The summed E-state index contributed by atoms with van der Waals surface area (Å²) in [6.07, 6.45) is 3.58. The van der Waals surface area contributed by atoms with Gasteiger partial charge in [0.15, 0.2) is 0 Å². The number of hydrogen-bond acceptors (Lipinski definition) is 3. The fraction of sp³-hybridized carbons (Fsp3) is 0.400. The average molecular weight is 272 g/mol. The Kier molecular flexibility index (Phi) is 4.17. The molecule has 0 atom stereocenters. The molecule has 0 saturated carbocycles. The van der Waals surface area contributed by atoms with Gasteiger partial charge in [0.25, 0.3) is 5.91 Å². The van der Waals surface area contributed by atoms with Crippen LogP contribution in [0.4, 0.5) is 0 Å². The number of hydrazone groups is 1. The predicted octanol–water partition coefficient (Wildman–Crippen LogP) is 2.86. The zero-order valence-electron chi connectivity index (χ0n) is 12.4. The van der Waals surface area contributed by atoms with Gasteiger partial charge in [0.05, 0.1) is 5.69 Å². The first-order valence-corrected chi connectivity index (χ1v) is 6.87. The van der Waals surface area contributed by atoms with Gasteiger partial charge in [-0.25, -0.2) is 10.4 Å². The molecule has 1 amide bonds. The van der Waals surface area contributed by atoms with Gasteiger partial charge in [0, 0.05) is 11.9 Å². The van der Waals surface area contributed by atoms with E-state index in [1.54, 1.807) is 0 Å². The Bertz CT molecular complexity index is 664. The summed E-state index contributed by atoms with van der Waals surface area (Å²) in [6.45, 7) is 7.87. The molecule has 0 aromatic carbocycles. The number of rotatable bonds is 4. The van der Waals surface area contributed by atoms with Crippen molar-refractivity contribution in [2.45, 2.75) is 40.5 Å². The van der Waals surface area contributed by atoms with Crippen molar-refractivity contribution in [3.8, 4) is 0 Å². The summed E-state index contributed by atoms with van der Waals surface area (Å²) in [5, 5.41) is 4.16. The minimum Gasteiger partial charge on any atom is -0.295 e. The quantitative estimate of drug-likeness (QED) is 0.687. The molecule has 0 unspecified atom stereocenters. The molecule has 2 heterocycles. The van der Waals surface area contributed by atoms with E-state index in [0.717, 1.165) is 29.8 Å². The average Bonchev–Trinajstić information content (AvgIpc) is 2.75. The summed E-state index contributed by atoms with van der Waals surface area (Å²) in [6, 6.07) is 3.89. The fourth-order valence-corrected chi connectivity index (χ4v) is 2.13. The lowest BCUT2D eigenvalue weighted by molar-refractivity contribution is 0.0948. The standard InChI is InChI=1S/C15H20N4O/c1-5-12(6-2)17-18-15(20)14-11(4)16-13-8-7-10(3)9-19(13)14/h7-9H,5-6H2,1-4H3,(H,18,20). The first-order chi connectivity index (χ1) is 9.56. The van der Waals surface area contributed by atoms with Crippen LogP contribution < -0.4 is 5.43 Å². The highest BCUT2D eigenvalue weighted by Gasteiger charge is 2.16. The van der Waals surface area contributed by atoms with Gasteiger partial charge in [-0.15, -0.1) is 0 Å². The van der Waals surface area contributed by atoms with Crippen LogP contribution in [0.1, 0.15) is 48.4 Å². The lowest BCUT2D eigenvalue weighted by Gasteiger charge is -2.04. The first-order valence-electron chi connectivity index (χ1n) is 6.87. The van der Waals surface area contributed by atoms with Crippen LogP contribution in [-0.2, 0) is 0 Å². The van der Waals surface area contributed by atoms with E-state index >= 15 is 0 Å². The van der Waals surface area contributed by atoms with Crippen molar-refractivity contribution in [1.82, 2.24) is 14.8 Å². The number of hydrogen-bond donors (Lipinski definition) is 1. The van der Waals surface area contributed by atoms with Crippen LogP contribution in [0.15, 0.2) is 23.4 Å². The highest BCUT2D eigenvalue weighted by Crippen LogP contribution is 2.13. The highest BCUT2D eigenvalue weighted by molar-refractivity contribution is 5.95. The largest absolute Gasteiger partial charge is 0.295 e. The number of nitrogens with zero attached hydrogens (tertiary/aromatic N) is 3. The summed E-state index contributed by atoms with van der Waals surface area (Å²) in [7, 11) is 0. The summed E-state index contributed by atoms with van der Waals surface area (Å²) in [5.74, 6) is -0.222. The van der Waals surface area contributed by atoms with Crippen LogP contribution in [0, 0.1) is 13.8 Å². The number of pyridine rings is 1. The van der Waals surface area contributed by atoms with E-state index in [-0.39, 0.29) is 5.91 Å². The molecule has 0 aliphatic heterocycles. The molecule has 0 fully saturated rings. The third-order valence-corrected chi connectivity index (χ3v) is 3.29. The lowest BCUT2D eigenvalue weighted by Crippen LogP contribution is -2.22. The molecular formula is C15H20N4O. The second kappa shape index (κ2) is 5.86.